The van der Waals surface area contributed by atoms with E-state index in [2.05, 4.69) is 24.1 Å². The number of carbonyl (C=O) groups excluding carboxylic acids is 1. The zero-order valence-corrected chi connectivity index (χ0v) is 15.5. The first kappa shape index (κ1) is 17.8. The number of carbonyl (C=O) groups is 1. The molecule has 7 heteroatoms. The fourth-order valence-corrected chi connectivity index (χ4v) is 5.41. The number of alkyl halides is 3. The molecule has 3 saturated heterocycles. The number of halogens is 3. The zero-order chi connectivity index (χ0) is 18.7. The number of nitrogens with zero attached hydrogens (tertiary/aromatic N) is 1. The largest absolute Gasteiger partial charge is 0.416 e. The third-order valence-corrected chi connectivity index (χ3v) is 7.04. The summed E-state index contributed by atoms with van der Waals surface area (Å²) < 4.78 is 39.1. The molecule has 26 heavy (non-hydrogen) atoms. The van der Waals surface area contributed by atoms with Gasteiger partial charge in [-0.15, -0.1) is 11.3 Å². The molecule has 3 aliphatic rings. The number of piperidine rings is 3. The minimum atomic E-state index is -4.37. The van der Waals surface area contributed by atoms with E-state index in [1.54, 1.807) is 6.07 Å². The first-order valence-corrected chi connectivity index (χ1v) is 9.64. The van der Waals surface area contributed by atoms with Gasteiger partial charge in [-0.2, -0.15) is 13.2 Å². The Morgan fingerprint density at radius 2 is 1.92 bits per heavy atom. The molecule has 0 saturated carbocycles. The summed E-state index contributed by atoms with van der Waals surface area (Å²) in [7, 11) is 0. The Labute approximate surface area is 154 Å². The van der Waals surface area contributed by atoms with Crippen molar-refractivity contribution in [1.29, 1.82) is 0 Å². The molecule has 5 rings (SSSR count). The van der Waals surface area contributed by atoms with Gasteiger partial charge in [0.15, 0.2) is 0 Å². The molecule has 4 heterocycles. The van der Waals surface area contributed by atoms with Crippen LogP contribution in [0.15, 0.2) is 24.3 Å². The lowest BCUT2D eigenvalue weighted by atomic mass is 9.72. The van der Waals surface area contributed by atoms with Crippen molar-refractivity contribution < 1.29 is 18.0 Å². The van der Waals surface area contributed by atoms with E-state index in [9.17, 15) is 18.0 Å². The van der Waals surface area contributed by atoms with Gasteiger partial charge < -0.3 is 5.32 Å². The molecule has 3 fully saturated rings. The fraction of sp³-hybridized carbons (Fsp3) is 0.526. The van der Waals surface area contributed by atoms with E-state index >= 15 is 0 Å². The fourth-order valence-electron chi connectivity index (χ4n) is 4.41. The van der Waals surface area contributed by atoms with Crippen LogP contribution in [0.25, 0.3) is 10.1 Å². The number of hydrogen-bond donors (Lipinski definition) is 1. The van der Waals surface area contributed by atoms with Crippen molar-refractivity contribution in [3.63, 3.8) is 0 Å². The normalized spacial score (nSPS) is 27.7. The van der Waals surface area contributed by atoms with Crippen molar-refractivity contribution in [3.05, 3.63) is 34.7 Å². The maximum absolute atomic E-state index is 12.9. The standard InChI is InChI=1S/C19H21F3N2OS/c1-18(2)16(11-5-7-24(18)8-6-11)23-17(25)15-9-12-3-4-13(19(20,21)22)10-14(12)26-15/h3-4,9-11,16H,5-8H2,1-2H3,(H,23,25)/t16-/m0/s1. The summed E-state index contributed by atoms with van der Waals surface area (Å²) in [5.74, 6) is 0.275. The minimum Gasteiger partial charge on any atom is -0.346 e. The second-order valence-electron chi connectivity index (χ2n) is 7.79. The van der Waals surface area contributed by atoms with Gasteiger partial charge in [-0.25, -0.2) is 0 Å². The van der Waals surface area contributed by atoms with Gasteiger partial charge in [-0.3, -0.25) is 9.69 Å². The van der Waals surface area contributed by atoms with Crippen LogP contribution in [0.2, 0.25) is 0 Å². The molecule has 0 aliphatic carbocycles. The molecule has 1 aromatic carbocycles. The monoisotopic (exact) mass is 382 g/mol. The van der Waals surface area contributed by atoms with Crippen LogP contribution in [-0.4, -0.2) is 35.5 Å². The highest BCUT2D eigenvalue weighted by atomic mass is 32.1. The minimum absolute atomic E-state index is 0.0634. The molecule has 0 unspecified atom stereocenters. The maximum atomic E-state index is 12.9. The Kier molecular flexibility index (Phi) is 4.08. The lowest BCUT2D eigenvalue weighted by molar-refractivity contribution is -0.137. The average Bonchev–Trinajstić information content (AvgIpc) is 3.01. The van der Waals surface area contributed by atoms with E-state index in [0.29, 0.717) is 20.9 Å². The summed E-state index contributed by atoms with van der Waals surface area (Å²) in [6, 6.07) is 5.36. The van der Waals surface area contributed by atoms with E-state index in [1.807, 2.05) is 0 Å². The summed E-state index contributed by atoms with van der Waals surface area (Å²) in [6.45, 7) is 6.44. The average molecular weight is 382 g/mol. The molecule has 3 aliphatic heterocycles. The summed E-state index contributed by atoms with van der Waals surface area (Å²) in [4.78, 5) is 15.7. The van der Waals surface area contributed by atoms with Crippen molar-refractivity contribution in [2.75, 3.05) is 13.1 Å². The van der Waals surface area contributed by atoms with Gasteiger partial charge in [0.25, 0.3) is 5.91 Å². The van der Waals surface area contributed by atoms with Crippen LogP contribution >= 0.6 is 11.3 Å². The number of fused-ring (bicyclic) bond motifs is 4. The number of benzene rings is 1. The van der Waals surface area contributed by atoms with Crippen molar-refractivity contribution >= 4 is 27.3 Å². The lowest BCUT2D eigenvalue weighted by Crippen LogP contribution is -2.69. The number of amides is 1. The second-order valence-corrected chi connectivity index (χ2v) is 8.87. The Morgan fingerprint density at radius 3 is 2.54 bits per heavy atom. The van der Waals surface area contributed by atoms with Crippen molar-refractivity contribution in [1.82, 2.24) is 10.2 Å². The number of thiophene rings is 1. The SMILES string of the molecule is CC1(C)[C@@H](NC(=O)c2cc3ccc(C(F)(F)F)cc3s2)C2CCN1CC2. The smallest absolute Gasteiger partial charge is 0.346 e. The third kappa shape index (κ3) is 2.91. The summed E-state index contributed by atoms with van der Waals surface area (Å²) >= 11 is 1.12. The van der Waals surface area contributed by atoms with Crippen LogP contribution in [0.5, 0.6) is 0 Å². The molecule has 0 radical (unpaired) electrons. The van der Waals surface area contributed by atoms with Crippen molar-refractivity contribution in [3.8, 4) is 0 Å². The van der Waals surface area contributed by atoms with Gasteiger partial charge in [0.1, 0.15) is 0 Å². The molecule has 1 N–H and O–H groups in total. The number of rotatable bonds is 2. The molecule has 0 spiro atoms. The predicted octanol–water partition coefficient (Wildman–Crippen LogP) is 4.52. The maximum Gasteiger partial charge on any atom is 0.416 e. The van der Waals surface area contributed by atoms with E-state index < -0.39 is 11.7 Å². The van der Waals surface area contributed by atoms with Gasteiger partial charge >= 0.3 is 6.18 Å². The first-order chi connectivity index (χ1) is 12.2. The van der Waals surface area contributed by atoms with E-state index in [-0.39, 0.29) is 17.5 Å². The van der Waals surface area contributed by atoms with Crippen LogP contribution in [0.1, 0.15) is 41.9 Å². The number of hydrogen-bond acceptors (Lipinski definition) is 3. The van der Waals surface area contributed by atoms with E-state index in [1.165, 1.54) is 6.07 Å². The topological polar surface area (TPSA) is 32.3 Å². The molecule has 1 atom stereocenters. The van der Waals surface area contributed by atoms with Crippen molar-refractivity contribution in [2.45, 2.75) is 44.4 Å². The Bertz CT molecular complexity index is 850. The van der Waals surface area contributed by atoms with Gasteiger partial charge in [0.2, 0.25) is 0 Å². The highest BCUT2D eigenvalue weighted by molar-refractivity contribution is 7.20. The summed E-state index contributed by atoms with van der Waals surface area (Å²) in [6.07, 6.45) is -2.22. The number of nitrogens with one attached hydrogen (secondary N) is 1. The molecule has 140 valence electrons. The Balaban J connectivity index is 1.58. The molecule has 1 aromatic heterocycles. The van der Waals surface area contributed by atoms with Crippen LogP contribution in [-0.2, 0) is 6.18 Å². The van der Waals surface area contributed by atoms with Crippen LogP contribution < -0.4 is 5.32 Å². The quantitative estimate of drug-likeness (QED) is 0.828. The Hall–Kier alpha value is -1.60. The zero-order valence-electron chi connectivity index (χ0n) is 14.7. The lowest BCUT2D eigenvalue weighted by Gasteiger charge is -2.56. The highest BCUT2D eigenvalue weighted by Gasteiger charge is 2.48. The summed E-state index contributed by atoms with van der Waals surface area (Å²) in [5.41, 5.74) is -0.783. The molecule has 3 nitrogen and oxygen atoms in total. The molecular weight excluding hydrogens is 361 g/mol. The molecule has 2 bridgehead atoms. The van der Waals surface area contributed by atoms with Gasteiger partial charge in [0.05, 0.1) is 10.4 Å². The second kappa shape index (κ2) is 5.96. The van der Waals surface area contributed by atoms with Crippen LogP contribution in [0.4, 0.5) is 13.2 Å². The highest BCUT2D eigenvalue weighted by Crippen LogP contribution is 2.39. The van der Waals surface area contributed by atoms with Crippen molar-refractivity contribution in [2.24, 2.45) is 5.92 Å². The van der Waals surface area contributed by atoms with Gasteiger partial charge in [-0.1, -0.05) is 6.07 Å². The van der Waals surface area contributed by atoms with E-state index in [4.69, 9.17) is 0 Å². The first-order valence-electron chi connectivity index (χ1n) is 8.83. The van der Waals surface area contributed by atoms with Crippen LogP contribution in [0, 0.1) is 5.92 Å². The Morgan fingerprint density at radius 1 is 1.23 bits per heavy atom. The third-order valence-electron chi connectivity index (χ3n) is 5.94. The predicted molar refractivity (Wildman–Crippen MR) is 96.5 cm³/mol. The molecule has 2 aromatic rings. The van der Waals surface area contributed by atoms with E-state index in [0.717, 1.165) is 49.4 Å². The van der Waals surface area contributed by atoms with Gasteiger partial charge in [-0.05, 0) is 69.3 Å². The molecule has 1 amide bonds. The van der Waals surface area contributed by atoms with Crippen LogP contribution in [0.3, 0.4) is 0 Å². The summed E-state index contributed by atoms with van der Waals surface area (Å²) in [5, 5.41) is 3.84. The van der Waals surface area contributed by atoms with Gasteiger partial charge in [0, 0.05) is 16.3 Å². The molecular formula is C19H21F3N2OS.